The summed E-state index contributed by atoms with van der Waals surface area (Å²) in [4.78, 5) is 11.4. The summed E-state index contributed by atoms with van der Waals surface area (Å²) in [6.45, 7) is 5.10. The number of rotatable bonds is 12. The van der Waals surface area contributed by atoms with E-state index in [-0.39, 0.29) is 24.3 Å². The van der Waals surface area contributed by atoms with Gasteiger partial charge in [-0.3, -0.25) is 4.79 Å². The van der Waals surface area contributed by atoms with E-state index in [0.717, 1.165) is 29.7 Å². The summed E-state index contributed by atoms with van der Waals surface area (Å²) < 4.78 is 11.7. The van der Waals surface area contributed by atoms with E-state index in [1.165, 1.54) is 5.56 Å². The van der Waals surface area contributed by atoms with Crippen LogP contribution in [0.3, 0.4) is 0 Å². The standard InChI is InChI=1S/C27H38N2O4/c1-4-19-10-12-25-22(15-19)23(16-27(2,33-25)18-32-3)29-17-24(30)21(11-13-26(28)31)14-20-8-6-5-7-9-20/h5-10,12,15,21,23-24,29-30H,4,11,13-14,16-18H2,1-3H3,(H2,28,31)/t21-,23-,24-,27-/m0/s1. The van der Waals surface area contributed by atoms with Gasteiger partial charge in [-0.05, 0) is 49.3 Å². The van der Waals surface area contributed by atoms with Crippen molar-refractivity contribution in [3.63, 3.8) is 0 Å². The van der Waals surface area contributed by atoms with E-state index < -0.39 is 11.7 Å². The Balaban J connectivity index is 1.75. The van der Waals surface area contributed by atoms with E-state index in [1.807, 2.05) is 24.3 Å². The van der Waals surface area contributed by atoms with Crippen molar-refractivity contribution in [1.29, 1.82) is 0 Å². The number of amides is 1. The van der Waals surface area contributed by atoms with Gasteiger partial charge in [-0.25, -0.2) is 0 Å². The van der Waals surface area contributed by atoms with Crippen LogP contribution in [0.2, 0.25) is 0 Å². The van der Waals surface area contributed by atoms with Crippen LogP contribution in [-0.2, 0) is 22.4 Å². The van der Waals surface area contributed by atoms with Gasteiger partial charge in [0.05, 0.1) is 12.7 Å². The van der Waals surface area contributed by atoms with Gasteiger partial charge in [0.1, 0.15) is 11.4 Å². The molecule has 0 unspecified atom stereocenters. The van der Waals surface area contributed by atoms with Gasteiger partial charge in [-0.15, -0.1) is 0 Å². The van der Waals surface area contributed by atoms with Crippen LogP contribution >= 0.6 is 0 Å². The lowest BCUT2D eigenvalue weighted by atomic mass is 9.86. The number of ether oxygens (including phenoxy) is 2. The zero-order chi connectivity index (χ0) is 23.8. The van der Waals surface area contributed by atoms with Crippen LogP contribution < -0.4 is 15.8 Å². The van der Waals surface area contributed by atoms with Crippen LogP contribution in [0.15, 0.2) is 48.5 Å². The molecule has 0 aliphatic carbocycles. The molecule has 33 heavy (non-hydrogen) atoms. The molecule has 180 valence electrons. The predicted octanol–water partition coefficient (Wildman–Crippen LogP) is 3.55. The number of carbonyl (C=O) groups is 1. The molecule has 0 spiro atoms. The largest absolute Gasteiger partial charge is 0.485 e. The SMILES string of the molecule is CCc1ccc2c(c1)[C@@H](NC[C@H](O)[C@@H](CCC(N)=O)Cc1ccccc1)C[C@@](C)(COC)O2. The summed E-state index contributed by atoms with van der Waals surface area (Å²) in [6, 6.07) is 16.4. The molecule has 4 N–H and O–H groups in total. The maximum Gasteiger partial charge on any atom is 0.217 e. The topological polar surface area (TPSA) is 93.8 Å². The molecule has 0 bridgehead atoms. The number of nitrogens with two attached hydrogens (primary N) is 1. The molecular weight excluding hydrogens is 416 g/mol. The number of nitrogens with one attached hydrogen (secondary N) is 1. The van der Waals surface area contributed by atoms with Crippen molar-refractivity contribution in [2.75, 3.05) is 20.3 Å². The number of methoxy groups -OCH3 is 1. The number of fused-ring (bicyclic) bond motifs is 1. The van der Waals surface area contributed by atoms with Gasteiger partial charge < -0.3 is 25.6 Å². The third-order valence-electron chi connectivity index (χ3n) is 6.52. The molecule has 0 aromatic heterocycles. The van der Waals surface area contributed by atoms with Gasteiger partial charge in [0, 0.05) is 38.1 Å². The van der Waals surface area contributed by atoms with Crippen molar-refractivity contribution in [1.82, 2.24) is 5.32 Å². The summed E-state index contributed by atoms with van der Waals surface area (Å²) >= 11 is 0. The fraction of sp³-hybridized carbons (Fsp3) is 0.519. The Hall–Kier alpha value is -2.41. The minimum absolute atomic E-state index is 0.0311. The first kappa shape index (κ1) is 25.2. The number of hydrogen-bond donors (Lipinski definition) is 3. The molecule has 6 nitrogen and oxygen atoms in total. The minimum atomic E-state index is -0.612. The second-order valence-electron chi connectivity index (χ2n) is 9.40. The van der Waals surface area contributed by atoms with Gasteiger partial charge in [-0.1, -0.05) is 49.4 Å². The van der Waals surface area contributed by atoms with Crippen LogP contribution in [0, 0.1) is 5.92 Å². The van der Waals surface area contributed by atoms with Crippen molar-refractivity contribution in [3.8, 4) is 5.75 Å². The lowest BCUT2D eigenvalue weighted by Crippen LogP contribution is -2.46. The maximum absolute atomic E-state index is 11.4. The second kappa shape index (κ2) is 11.6. The Labute approximate surface area is 197 Å². The van der Waals surface area contributed by atoms with E-state index in [9.17, 15) is 9.90 Å². The minimum Gasteiger partial charge on any atom is -0.485 e. The fourth-order valence-electron chi connectivity index (χ4n) is 4.71. The highest BCUT2D eigenvalue weighted by molar-refractivity contribution is 5.73. The molecule has 0 saturated heterocycles. The van der Waals surface area contributed by atoms with E-state index >= 15 is 0 Å². The number of aryl methyl sites for hydroxylation is 1. The molecule has 0 fully saturated rings. The number of aliphatic hydroxyl groups excluding tert-OH is 1. The fourth-order valence-corrected chi connectivity index (χ4v) is 4.71. The molecule has 4 atom stereocenters. The van der Waals surface area contributed by atoms with E-state index in [0.29, 0.717) is 26.0 Å². The molecule has 0 saturated carbocycles. The third-order valence-corrected chi connectivity index (χ3v) is 6.52. The Kier molecular flexibility index (Phi) is 8.89. The average molecular weight is 455 g/mol. The molecule has 1 aliphatic heterocycles. The van der Waals surface area contributed by atoms with Crippen LogP contribution in [0.4, 0.5) is 0 Å². The van der Waals surface area contributed by atoms with Crippen molar-refractivity contribution >= 4 is 5.91 Å². The lowest BCUT2D eigenvalue weighted by Gasteiger charge is -2.40. The predicted molar refractivity (Wildman–Crippen MR) is 130 cm³/mol. The first-order valence-corrected chi connectivity index (χ1v) is 11.9. The van der Waals surface area contributed by atoms with Crippen LogP contribution in [-0.4, -0.2) is 43.0 Å². The van der Waals surface area contributed by atoms with Crippen molar-refractivity contribution in [2.24, 2.45) is 11.7 Å². The third kappa shape index (κ3) is 7.03. The molecular formula is C27H38N2O4. The van der Waals surface area contributed by atoms with Crippen molar-refractivity contribution < 1.29 is 19.4 Å². The maximum atomic E-state index is 11.4. The Morgan fingerprint density at radius 2 is 2.03 bits per heavy atom. The summed E-state index contributed by atoms with van der Waals surface area (Å²) in [6.07, 6.45) is 2.59. The molecule has 3 rings (SSSR count). The highest BCUT2D eigenvalue weighted by atomic mass is 16.5. The lowest BCUT2D eigenvalue weighted by molar-refractivity contribution is -0.118. The Bertz CT molecular complexity index is 904. The zero-order valence-corrected chi connectivity index (χ0v) is 20.0. The summed E-state index contributed by atoms with van der Waals surface area (Å²) in [5, 5.41) is 14.7. The summed E-state index contributed by atoms with van der Waals surface area (Å²) in [5.41, 5.74) is 8.46. The van der Waals surface area contributed by atoms with Gasteiger partial charge in [0.2, 0.25) is 5.91 Å². The molecule has 2 aromatic carbocycles. The van der Waals surface area contributed by atoms with Crippen LogP contribution in [0.25, 0.3) is 0 Å². The molecule has 1 aliphatic rings. The van der Waals surface area contributed by atoms with E-state index in [4.69, 9.17) is 15.2 Å². The van der Waals surface area contributed by atoms with Gasteiger partial charge >= 0.3 is 0 Å². The van der Waals surface area contributed by atoms with E-state index in [1.54, 1.807) is 7.11 Å². The first-order valence-electron chi connectivity index (χ1n) is 11.9. The van der Waals surface area contributed by atoms with Gasteiger partial charge in [0.25, 0.3) is 0 Å². The number of aliphatic hydroxyl groups is 1. The normalized spacial score (nSPS) is 21.6. The van der Waals surface area contributed by atoms with Gasteiger partial charge in [0.15, 0.2) is 0 Å². The van der Waals surface area contributed by atoms with Crippen molar-refractivity contribution in [3.05, 3.63) is 65.2 Å². The second-order valence-corrected chi connectivity index (χ2v) is 9.40. The Morgan fingerprint density at radius 3 is 2.70 bits per heavy atom. The van der Waals surface area contributed by atoms with Crippen LogP contribution in [0.1, 0.15) is 55.8 Å². The summed E-state index contributed by atoms with van der Waals surface area (Å²) in [5.74, 6) is 0.451. The number of carbonyl (C=O) groups excluding carboxylic acids is 1. The van der Waals surface area contributed by atoms with Crippen molar-refractivity contribution in [2.45, 2.75) is 63.7 Å². The Morgan fingerprint density at radius 1 is 1.27 bits per heavy atom. The summed E-state index contributed by atoms with van der Waals surface area (Å²) in [7, 11) is 1.68. The molecule has 1 heterocycles. The number of benzene rings is 2. The monoisotopic (exact) mass is 454 g/mol. The molecule has 0 radical (unpaired) electrons. The number of primary amides is 1. The van der Waals surface area contributed by atoms with E-state index in [2.05, 4.69) is 43.4 Å². The van der Waals surface area contributed by atoms with Gasteiger partial charge in [-0.2, -0.15) is 0 Å². The molecule has 6 heteroatoms. The highest BCUT2D eigenvalue weighted by Gasteiger charge is 2.38. The van der Waals surface area contributed by atoms with Crippen LogP contribution in [0.5, 0.6) is 5.75 Å². The first-order chi connectivity index (χ1) is 15.8. The quantitative estimate of drug-likeness (QED) is 0.456. The average Bonchev–Trinajstić information content (AvgIpc) is 2.80. The molecule has 1 amide bonds. The molecule has 2 aromatic rings. The highest BCUT2D eigenvalue weighted by Crippen LogP contribution is 2.40. The smallest absolute Gasteiger partial charge is 0.217 e. The zero-order valence-electron chi connectivity index (χ0n) is 20.0. The number of hydrogen-bond acceptors (Lipinski definition) is 5.